The van der Waals surface area contributed by atoms with Gasteiger partial charge in [-0.3, -0.25) is 4.79 Å². The van der Waals surface area contributed by atoms with E-state index < -0.39 is 0 Å². The summed E-state index contributed by atoms with van der Waals surface area (Å²) in [6.45, 7) is 3.39. The van der Waals surface area contributed by atoms with E-state index in [-0.39, 0.29) is 12.5 Å². The van der Waals surface area contributed by atoms with Gasteiger partial charge in [-0.2, -0.15) is 0 Å². The molecule has 6 heteroatoms. The number of benzene rings is 2. The summed E-state index contributed by atoms with van der Waals surface area (Å²) in [7, 11) is 1.63. The van der Waals surface area contributed by atoms with Crippen molar-refractivity contribution in [1.29, 1.82) is 0 Å². The number of anilines is 2. The van der Waals surface area contributed by atoms with Crippen LogP contribution in [0.2, 0.25) is 0 Å². The zero-order valence-electron chi connectivity index (χ0n) is 16.4. The summed E-state index contributed by atoms with van der Waals surface area (Å²) < 4.78 is 10.7. The van der Waals surface area contributed by atoms with Gasteiger partial charge in [0.05, 0.1) is 20.2 Å². The van der Waals surface area contributed by atoms with Crippen LogP contribution in [0.5, 0.6) is 11.5 Å². The summed E-state index contributed by atoms with van der Waals surface area (Å²) in [6.07, 6.45) is 3.86. The number of hydrogen-bond donors (Lipinski definition) is 2. The molecule has 1 aliphatic heterocycles. The van der Waals surface area contributed by atoms with Crippen LogP contribution in [0.3, 0.4) is 0 Å². The van der Waals surface area contributed by atoms with E-state index in [1.807, 2.05) is 36.4 Å². The number of hydrogen-bond acceptors (Lipinski definition) is 5. The highest BCUT2D eigenvalue weighted by molar-refractivity contribution is 5.80. The lowest BCUT2D eigenvalue weighted by Crippen LogP contribution is -2.33. The second-order valence-corrected chi connectivity index (χ2v) is 6.82. The van der Waals surface area contributed by atoms with Crippen molar-refractivity contribution in [1.82, 2.24) is 5.32 Å². The summed E-state index contributed by atoms with van der Waals surface area (Å²) in [5.41, 5.74) is 2.20. The van der Waals surface area contributed by atoms with Gasteiger partial charge in [-0.15, -0.1) is 0 Å². The number of rotatable bonds is 9. The minimum atomic E-state index is -0.0570. The summed E-state index contributed by atoms with van der Waals surface area (Å²) in [6, 6.07) is 15.7. The Morgan fingerprint density at radius 2 is 1.64 bits per heavy atom. The highest BCUT2D eigenvalue weighted by Crippen LogP contribution is 2.21. The molecule has 0 aromatic heterocycles. The summed E-state index contributed by atoms with van der Waals surface area (Å²) in [4.78, 5) is 14.4. The van der Waals surface area contributed by atoms with Crippen LogP contribution < -0.4 is 25.0 Å². The van der Waals surface area contributed by atoms with E-state index in [0.717, 1.165) is 30.3 Å². The molecular weight excluding hydrogens is 354 g/mol. The molecule has 0 atom stereocenters. The molecule has 3 rings (SSSR count). The van der Waals surface area contributed by atoms with Gasteiger partial charge in [0.25, 0.3) is 0 Å². The maximum Gasteiger partial charge on any atom is 0.239 e. The van der Waals surface area contributed by atoms with Gasteiger partial charge in [-0.25, -0.2) is 0 Å². The third-order valence-corrected chi connectivity index (χ3v) is 4.79. The Hall–Kier alpha value is -2.89. The Morgan fingerprint density at radius 1 is 0.964 bits per heavy atom. The zero-order chi connectivity index (χ0) is 19.6. The van der Waals surface area contributed by atoms with Crippen molar-refractivity contribution >= 4 is 17.3 Å². The van der Waals surface area contributed by atoms with Crippen LogP contribution in [0.4, 0.5) is 11.4 Å². The largest absolute Gasteiger partial charge is 0.497 e. The molecule has 0 bridgehead atoms. The normalized spacial score (nSPS) is 13.7. The number of carbonyl (C=O) groups excluding carboxylic acids is 1. The van der Waals surface area contributed by atoms with Gasteiger partial charge in [0, 0.05) is 24.5 Å². The quantitative estimate of drug-likeness (QED) is 0.651. The average molecular weight is 383 g/mol. The van der Waals surface area contributed by atoms with Crippen molar-refractivity contribution in [3.8, 4) is 11.5 Å². The Bertz CT molecular complexity index is 726. The lowest BCUT2D eigenvalue weighted by Gasteiger charge is -2.28. The number of ether oxygens (including phenoxy) is 2. The molecular formula is C22H29N3O3. The molecule has 0 unspecified atom stereocenters. The van der Waals surface area contributed by atoms with E-state index in [4.69, 9.17) is 9.47 Å². The van der Waals surface area contributed by atoms with Crippen LogP contribution in [0.1, 0.15) is 19.3 Å². The fourth-order valence-corrected chi connectivity index (χ4v) is 3.22. The lowest BCUT2D eigenvalue weighted by atomic mass is 10.1. The maximum atomic E-state index is 12.0. The molecule has 2 aromatic carbocycles. The standard InChI is InChI=1S/C22H29N3O3/c1-27-20-9-11-21(12-10-20)28-16-13-23-22(26)17-24-18-5-7-19(8-6-18)25-14-3-2-4-15-25/h5-12,24H,2-4,13-17H2,1H3,(H,23,26). The Morgan fingerprint density at radius 3 is 2.32 bits per heavy atom. The smallest absolute Gasteiger partial charge is 0.239 e. The highest BCUT2D eigenvalue weighted by atomic mass is 16.5. The number of carbonyl (C=O) groups is 1. The first-order valence-electron chi connectivity index (χ1n) is 9.87. The SMILES string of the molecule is COc1ccc(OCCNC(=O)CNc2ccc(N3CCCCC3)cc2)cc1. The van der Waals surface area contributed by atoms with Crippen LogP contribution in [0.25, 0.3) is 0 Å². The Labute approximate surface area is 166 Å². The molecule has 1 aliphatic rings. The van der Waals surface area contributed by atoms with Crippen LogP contribution in [0, 0.1) is 0 Å². The molecule has 2 aromatic rings. The van der Waals surface area contributed by atoms with E-state index in [1.54, 1.807) is 7.11 Å². The van der Waals surface area contributed by atoms with Gasteiger partial charge in [-0.05, 0) is 67.8 Å². The summed E-state index contributed by atoms with van der Waals surface area (Å²) in [5, 5.41) is 6.01. The molecule has 150 valence electrons. The first-order valence-corrected chi connectivity index (χ1v) is 9.87. The Kier molecular flexibility index (Phi) is 7.41. The van der Waals surface area contributed by atoms with Crippen molar-refractivity contribution in [2.45, 2.75) is 19.3 Å². The van der Waals surface area contributed by atoms with Gasteiger partial charge in [0.1, 0.15) is 18.1 Å². The van der Waals surface area contributed by atoms with E-state index in [9.17, 15) is 4.79 Å². The van der Waals surface area contributed by atoms with Gasteiger partial charge in [0.2, 0.25) is 5.91 Å². The van der Waals surface area contributed by atoms with Gasteiger partial charge < -0.3 is 25.0 Å². The zero-order valence-corrected chi connectivity index (χ0v) is 16.4. The summed E-state index contributed by atoms with van der Waals surface area (Å²) in [5.74, 6) is 1.48. The topological polar surface area (TPSA) is 62.8 Å². The first-order chi connectivity index (χ1) is 13.7. The van der Waals surface area contributed by atoms with Crippen LogP contribution in [0.15, 0.2) is 48.5 Å². The molecule has 6 nitrogen and oxygen atoms in total. The van der Waals surface area contributed by atoms with Crippen LogP contribution in [-0.4, -0.2) is 45.8 Å². The third-order valence-electron chi connectivity index (χ3n) is 4.79. The van der Waals surface area contributed by atoms with Crippen molar-refractivity contribution in [3.05, 3.63) is 48.5 Å². The molecule has 0 aliphatic carbocycles. The van der Waals surface area contributed by atoms with E-state index in [0.29, 0.717) is 13.2 Å². The third kappa shape index (κ3) is 6.08. The van der Waals surface area contributed by atoms with E-state index in [2.05, 4.69) is 27.7 Å². The van der Waals surface area contributed by atoms with Crippen molar-refractivity contribution in [3.63, 3.8) is 0 Å². The maximum absolute atomic E-state index is 12.0. The molecule has 1 heterocycles. The number of methoxy groups -OCH3 is 1. The monoisotopic (exact) mass is 383 g/mol. The second kappa shape index (κ2) is 10.4. The number of nitrogens with one attached hydrogen (secondary N) is 2. The summed E-state index contributed by atoms with van der Waals surface area (Å²) >= 11 is 0. The molecule has 0 radical (unpaired) electrons. The molecule has 0 saturated carbocycles. The molecule has 1 fully saturated rings. The van der Waals surface area contributed by atoms with Crippen LogP contribution >= 0.6 is 0 Å². The molecule has 0 spiro atoms. The van der Waals surface area contributed by atoms with Gasteiger partial charge in [0.15, 0.2) is 0 Å². The number of nitrogens with zero attached hydrogens (tertiary/aromatic N) is 1. The van der Waals surface area contributed by atoms with Gasteiger partial charge in [-0.1, -0.05) is 0 Å². The van der Waals surface area contributed by atoms with Gasteiger partial charge >= 0.3 is 0 Å². The fraction of sp³-hybridized carbons (Fsp3) is 0.409. The Balaban J connectivity index is 1.32. The minimum absolute atomic E-state index is 0.0570. The van der Waals surface area contributed by atoms with Crippen molar-refractivity contribution in [2.24, 2.45) is 0 Å². The number of amides is 1. The minimum Gasteiger partial charge on any atom is -0.497 e. The number of piperidine rings is 1. The fourth-order valence-electron chi connectivity index (χ4n) is 3.22. The first kappa shape index (κ1) is 19.9. The molecule has 1 saturated heterocycles. The van der Waals surface area contributed by atoms with Crippen LogP contribution in [-0.2, 0) is 4.79 Å². The lowest BCUT2D eigenvalue weighted by molar-refractivity contribution is -0.119. The molecule has 1 amide bonds. The van der Waals surface area contributed by atoms with E-state index in [1.165, 1.54) is 24.9 Å². The predicted molar refractivity (Wildman–Crippen MR) is 112 cm³/mol. The van der Waals surface area contributed by atoms with Crippen molar-refractivity contribution in [2.75, 3.05) is 50.1 Å². The second-order valence-electron chi connectivity index (χ2n) is 6.82. The van der Waals surface area contributed by atoms with E-state index >= 15 is 0 Å². The van der Waals surface area contributed by atoms with Crippen molar-refractivity contribution < 1.29 is 14.3 Å². The predicted octanol–water partition coefficient (Wildman–Crippen LogP) is 3.29. The molecule has 28 heavy (non-hydrogen) atoms. The molecule has 2 N–H and O–H groups in total. The average Bonchev–Trinajstić information content (AvgIpc) is 2.76. The highest BCUT2D eigenvalue weighted by Gasteiger charge is 2.10.